The number of hydrogen-bond donors (Lipinski definition) is 2. The van der Waals surface area contributed by atoms with Gasteiger partial charge in [-0.3, -0.25) is 0 Å². The third kappa shape index (κ3) is 3.55. The minimum Gasteiger partial charge on any atom is -0.496 e. The Balaban J connectivity index is 2.42. The van der Waals surface area contributed by atoms with Crippen molar-refractivity contribution < 1.29 is 9.47 Å². The molecule has 0 bridgehead atoms. The third-order valence-corrected chi connectivity index (χ3v) is 4.32. The fraction of sp³-hybridized carbons (Fsp3) is 0.667. The second kappa shape index (κ2) is 8.39. The van der Waals surface area contributed by atoms with Gasteiger partial charge in [-0.1, -0.05) is 20.3 Å². The van der Waals surface area contributed by atoms with Crippen LogP contribution >= 0.6 is 0 Å². The normalized spacial score (nSPS) is 17.2. The molecule has 0 amide bonds. The van der Waals surface area contributed by atoms with E-state index < -0.39 is 0 Å². The SMILES string of the molecule is CCCNCc1cc(OC)c2c(c1OC)CCNC2CCC. The quantitative estimate of drug-likeness (QED) is 0.724. The van der Waals surface area contributed by atoms with E-state index in [4.69, 9.17) is 9.47 Å². The van der Waals surface area contributed by atoms with Gasteiger partial charge in [0.25, 0.3) is 0 Å². The van der Waals surface area contributed by atoms with Crippen molar-refractivity contribution in [3.8, 4) is 11.5 Å². The van der Waals surface area contributed by atoms with Gasteiger partial charge in [0, 0.05) is 29.3 Å². The minimum atomic E-state index is 0.371. The Morgan fingerprint density at radius 2 is 2.05 bits per heavy atom. The van der Waals surface area contributed by atoms with E-state index in [2.05, 4.69) is 30.5 Å². The molecule has 1 unspecified atom stereocenters. The van der Waals surface area contributed by atoms with E-state index in [-0.39, 0.29) is 0 Å². The first-order chi connectivity index (χ1) is 10.8. The summed E-state index contributed by atoms with van der Waals surface area (Å²) in [6.45, 7) is 7.25. The smallest absolute Gasteiger partial charge is 0.127 e. The first-order valence-electron chi connectivity index (χ1n) is 8.47. The lowest BCUT2D eigenvalue weighted by Gasteiger charge is -2.31. The van der Waals surface area contributed by atoms with E-state index in [1.165, 1.54) is 16.7 Å². The van der Waals surface area contributed by atoms with Crippen LogP contribution in [0.5, 0.6) is 11.5 Å². The summed E-state index contributed by atoms with van der Waals surface area (Å²) in [6, 6.07) is 2.52. The highest BCUT2D eigenvalue weighted by Crippen LogP contribution is 2.41. The van der Waals surface area contributed by atoms with E-state index in [0.29, 0.717) is 6.04 Å². The molecule has 0 aromatic heterocycles. The fourth-order valence-electron chi connectivity index (χ4n) is 3.36. The molecule has 2 N–H and O–H groups in total. The maximum Gasteiger partial charge on any atom is 0.127 e. The lowest BCUT2D eigenvalue weighted by Crippen LogP contribution is -2.31. The van der Waals surface area contributed by atoms with Gasteiger partial charge in [-0.25, -0.2) is 0 Å². The van der Waals surface area contributed by atoms with Crippen LogP contribution < -0.4 is 20.1 Å². The number of rotatable bonds is 8. The second-order valence-corrected chi connectivity index (χ2v) is 5.89. The van der Waals surface area contributed by atoms with Crippen molar-refractivity contribution in [3.05, 3.63) is 22.8 Å². The maximum absolute atomic E-state index is 5.78. The van der Waals surface area contributed by atoms with E-state index in [1.54, 1.807) is 14.2 Å². The van der Waals surface area contributed by atoms with Crippen LogP contribution in [0.1, 0.15) is 55.8 Å². The monoisotopic (exact) mass is 306 g/mol. The van der Waals surface area contributed by atoms with Crippen LogP contribution in [0.2, 0.25) is 0 Å². The van der Waals surface area contributed by atoms with Gasteiger partial charge in [-0.05, 0) is 38.4 Å². The first-order valence-corrected chi connectivity index (χ1v) is 8.47. The molecular weight excluding hydrogens is 276 g/mol. The van der Waals surface area contributed by atoms with Crippen LogP contribution in [-0.4, -0.2) is 27.3 Å². The molecule has 0 radical (unpaired) electrons. The molecule has 2 rings (SSSR count). The molecule has 1 aliphatic heterocycles. The number of fused-ring (bicyclic) bond motifs is 1. The zero-order valence-electron chi connectivity index (χ0n) is 14.4. The molecule has 1 aliphatic rings. The van der Waals surface area contributed by atoms with Crippen molar-refractivity contribution in [2.24, 2.45) is 0 Å². The molecule has 0 spiro atoms. The van der Waals surface area contributed by atoms with Crippen molar-refractivity contribution in [1.82, 2.24) is 10.6 Å². The van der Waals surface area contributed by atoms with Crippen LogP contribution in [-0.2, 0) is 13.0 Å². The molecule has 1 aromatic carbocycles. The third-order valence-electron chi connectivity index (χ3n) is 4.32. The Morgan fingerprint density at radius 3 is 2.68 bits per heavy atom. The Labute approximate surface area is 134 Å². The van der Waals surface area contributed by atoms with E-state index in [0.717, 1.165) is 56.8 Å². The molecule has 124 valence electrons. The van der Waals surface area contributed by atoms with Gasteiger partial charge >= 0.3 is 0 Å². The lowest BCUT2D eigenvalue weighted by molar-refractivity contribution is 0.366. The van der Waals surface area contributed by atoms with Crippen LogP contribution in [0.15, 0.2) is 6.07 Å². The predicted molar refractivity (Wildman–Crippen MR) is 90.9 cm³/mol. The van der Waals surface area contributed by atoms with Crippen LogP contribution in [0.3, 0.4) is 0 Å². The van der Waals surface area contributed by atoms with E-state index in [1.807, 2.05) is 0 Å². The summed E-state index contributed by atoms with van der Waals surface area (Å²) in [5, 5.41) is 7.09. The first kappa shape index (κ1) is 17.1. The molecule has 0 saturated carbocycles. The summed E-state index contributed by atoms with van der Waals surface area (Å²) in [5.41, 5.74) is 3.82. The average molecular weight is 306 g/mol. The summed E-state index contributed by atoms with van der Waals surface area (Å²) in [7, 11) is 3.55. The van der Waals surface area contributed by atoms with Crippen molar-refractivity contribution in [2.45, 2.75) is 52.1 Å². The summed E-state index contributed by atoms with van der Waals surface area (Å²) in [5.74, 6) is 2.04. The summed E-state index contributed by atoms with van der Waals surface area (Å²) < 4.78 is 11.5. The topological polar surface area (TPSA) is 42.5 Å². The molecule has 1 aromatic rings. The van der Waals surface area contributed by atoms with E-state index >= 15 is 0 Å². The fourth-order valence-corrected chi connectivity index (χ4v) is 3.36. The molecule has 4 heteroatoms. The largest absolute Gasteiger partial charge is 0.496 e. The number of benzene rings is 1. The average Bonchev–Trinajstić information content (AvgIpc) is 2.54. The van der Waals surface area contributed by atoms with Gasteiger partial charge in [-0.15, -0.1) is 0 Å². The van der Waals surface area contributed by atoms with Crippen LogP contribution in [0.4, 0.5) is 0 Å². The number of ether oxygens (including phenoxy) is 2. The van der Waals surface area contributed by atoms with Gasteiger partial charge in [0.05, 0.1) is 14.2 Å². The summed E-state index contributed by atoms with van der Waals surface area (Å²) >= 11 is 0. The van der Waals surface area contributed by atoms with Gasteiger partial charge in [0.2, 0.25) is 0 Å². The van der Waals surface area contributed by atoms with Crippen molar-refractivity contribution >= 4 is 0 Å². The number of nitrogens with one attached hydrogen (secondary N) is 2. The van der Waals surface area contributed by atoms with Gasteiger partial charge < -0.3 is 20.1 Å². The molecule has 1 heterocycles. The molecule has 0 saturated heterocycles. The van der Waals surface area contributed by atoms with Gasteiger partial charge in [0.1, 0.15) is 11.5 Å². The number of hydrogen-bond acceptors (Lipinski definition) is 4. The predicted octanol–water partition coefficient (Wildman–Crippen LogP) is 3.19. The van der Waals surface area contributed by atoms with Crippen molar-refractivity contribution in [3.63, 3.8) is 0 Å². The lowest BCUT2D eigenvalue weighted by atomic mass is 9.88. The molecular formula is C18H30N2O2. The van der Waals surface area contributed by atoms with Crippen molar-refractivity contribution in [2.75, 3.05) is 27.3 Å². The Morgan fingerprint density at radius 1 is 1.23 bits per heavy atom. The Hall–Kier alpha value is -1.26. The molecule has 0 fully saturated rings. The van der Waals surface area contributed by atoms with Gasteiger partial charge in [-0.2, -0.15) is 0 Å². The van der Waals surface area contributed by atoms with Gasteiger partial charge in [0.15, 0.2) is 0 Å². The molecule has 0 aliphatic carbocycles. The second-order valence-electron chi connectivity index (χ2n) is 5.89. The zero-order chi connectivity index (χ0) is 15.9. The van der Waals surface area contributed by atoms with Crippen molar-refractivity contribution in [1.29, 1.82) is 0 Å². The molecule has 4 nitrogen and oxygen atoms in total. The summed E-state index contributed by atoms with van der Waals surface area (Å²) in [6.07, 6.45) is 4.41. The Kier molecular flexibility index (Phi) is 6.52. The van der Waals surface area contributed by atoms with Crippen LogP contribution in [0, 0.1) is 0 Å². The highest BCUT2D eigenvalue weighted by molar-refractivity contribution is 5.56. The highest BCUT2D eigenvalue weighted by atomic mass is 16.5. The summed E-state index contributed by atoms with van der Waals surface area (Å²) in [4.78, 5) is 0. The zero-order valence-corrected chi connectivity index (χ0v) is 14.4. The van der Waals surface area contributed by atoms with E-state index in [9.17, 15) is 0 Å². The standard InChI is InChI=1S/C18H30N2O2/c1-5-7-15-17-14(8-10-20-15)18(22-4)13(11-16(17)21-3)12-19-9-6-2/h11,15,19-20H,5-10,12H2,1-4H3. The highest BCUT2D eigenvalue weighted by Gasteiger charge is 2.27. The van der Waals surface area contributed by atoms with Crippen LogP contribution in [0.25, 0.3) is 0 Å². The molecule has 22 heavy (non-hydrogen) atoms. The minimum absolute atomic E-state index is 0.371. The molecule has 1 atom stereocenters. The number of methoxy groups -OCH3 is 2. The maximum atomic E-state index is 5.78. The Bertz CT molecular complexity index is 488.